The molecule has 1 fully saturated rings. The van der Waals surface area contributed by atoms with Gasteiger partial charge in [-0.1, -0.05) is 36.2 Å². The molecular weight excluding hydrogens is 538 g/mol. The van der Waals surface area contributed by atoms with Gasteiger partial charge in [-0.05, 0) is 74.7 Å². The minimum Gasteiger partial charge on any atom is -0.495 e. The van der Waals surface area contributed by atoms with Gasteiger partial charge in [-0.15, -0.1) is 0 Å². The molecule has 4 rings (SSSR count). The van der Waals surface area contributed by atoms with E-state index in [9.17, 15) is 21.6 Å². The number of hydrogen-bond acceptors (Lipinski definition) is 6. The molecule has 208 valence electrons. The lowest BCUT2D eigenvalue weighted by Crippen LogP contribution is -2.38. The molecule has 1 aliphatic rings. The van der Waals surface area contributed by atoms with Crippen molar-refractivity contribution in [1.82, 2.24) is 4.31 Å². The number of hydrogen-bond donors (Lipinski definition) is 1. The molecule has 0 unspecified atom stereocenters. The quantitative estimate of drug-likeness (QED) is 0.409. The van der Waals surface area contributed by atoms with Crippen LogP contribution in [0.4, 0.5) is 11.4 Å². The third-order valence-corrected chi connectivity index (χ3v) is 10.3. The summed E-state index contributed by atoms with van der Waals surface area (Å²) in [6, 6.07) is 17.6. The SMILES string of the molecule is COc1ccc(NC(=O)CN(c2cccc(C)c2)S(=O)(=O)c2ccc(C)cc2)cc1S(=O)(=O)N1CCCCC1. The molecule has 0 aromatic heterocycles. The summed E-state index contributed by atoms with van der Waals surface area (Å²) in [6.07, 6.45) is 2.53. The minimum atomic E-state index is -4.08. The van der Waals surface area contributed by atoms with E-state index in [1.165, 1.54) is 41.7 Å². The number of methoxy groups -OCH3 is 1. The number of carbonyl (C=O) groups excluding carboxylic acids is 1. The number of amides is 1. The molecule has 0 aliphatic carbocycles. The van der Waals surface area contributed by atoms with Gasteiger partial charge in [-0.2, -0.15) is 4.31 Å². The van der Waals surface area contributed by atoms with E-state index < -0.39 is 32.5 Å². The molecule has 1 aliphatic heterocycles. The van der Waals surface area contributed by atoms with E-state index in [4.69, 9.17) is 4.74 Å². The molecule has 1 N–H and O–H groups in total. The van der Waals surface area contributed by atoms with Crippen LogP contribution in [0, 0.1) is 13.8 Å². The molecule has 1 saturated heterocycles. The fraction of sp³-hybridized carbons (Fsp3) is 0.321. The van der Waals surface area contributed by atoms with Crippen LogP contribution in [0.15, 0.2) is 76.5 Å². The summed E-state index contributed by atoms with van der Waals surface area (Å²) in [5.74, 6) is -0.458. The number of anilines is 2. The Labute approximate surface area is 230 Å². The van der Waals surface area contributed by atoms with Crippen molar-refractivity contribution < 1.29 is 26.4 Å². The van der Waals surface area contributed by atoms with Crippen LogP contribution in [0.5, 0.6) is 5.75 Å². The molecule has 1 heterocycles. The number of benzene rings is 3. The van der Waals surface area contributed by atoms with Crippen LogP contribution in [0.1, 0.15) is 30.4 Å². The van der Waals surface area contributed by atoms with Crippen molar-refractivity contribution in [3.8, 4) is 5.75 Å². The Morgan fingerprint density at radius 3 is 2.23 bits per heavy atom. The molecule has 3 aromatic carbocycles. The number of nitrogens with zero attached hydrogens (tertiary/aromatic N) is 2. The van der Waals surface area contributed by atoms with Gasteiger partial charge in [0.2, 0.25) is 15.9 Å². The number of sulfonamides is 2. The first-order chi connectivity index (χ1) is 18.5. The molecule has 11 heteroatoms. The van der Waals surface area contributed by atoms with E-state index in [-0.39, 0.29) is 21.2 Å². The molecule has 0 radical (unpaired) electrons. The van der Waals surface area contributed by atoms with E-state index >= 15 is 0 Å². The van der Waals surface area contributed by atoms with Crippen molar-refractivity contribution in [1.29, 1.82) is 0 Å². The molecule has 3 aromatic rings. The summed E-state index contributed by atoms with van der Waals surface area (Å²) in [6.45, 7) is 4.02. The number of ether oxygens (including phenoxy) is 1. The monoisotopic (exact) mass is 571 g/mol. The highest BCUT2D eigenvalue weighted by molar-refractivity contribution is 7.92. The summed E-state index contributed by atoms with van der Waals surface area (Å²) in [5.41, 5.74) is 2.30. The van der Waals surface area contributed by atoms with Crippen LogP contribution in [-0.4, -0.2) is 53.8 Å². The van der Waals surface area contributed by atoms with Crippen molar-refractivity contribution in [2.24, 2.45) is 0 Å². The third-order valence-electron chi connectivity index (χ3n) is 6.57. The van der Waals surface area contributed by atoms with Gasteiger partial charge in [0.25, 0.3) is 10.0 Å². The standard InChI is InChI=1S/C28H33N3O6S2/c1-21-10-13-25(14-11-21)38(33,34)31(24-9-7-8-22(2)18-24)20-28(32)29-23-12-15-26(37-3)27(19-23)39(35,36)30-16-5-4-6-17-30/h7-15,18-19H,4-6,16-17,20H2,1-3H3,(H,29,32). The maximum atomic E-state index is 13.6. The highest BCUT2D eigenvalue weighted by atomic mass is 32.2. The Morgan fingerprint density at radius 2 is 1.59 bits per heavy atom. The second-order valence-corrected chi connectivity index (χ2v) is 13.3. The molecule has 0 spiro atoms. The average molecular weight is 572 g/mol. The van der Waals surface area contributed by atoms with Crippen molar-refractivity contribution in [3.05, 3.63) is 77.9 Å². The summed E-state index contributed by atoms with van der Waals surface area (Å²) < 4.78 is 61.8. The van der Waals surface area contributed by atoms with Gasteiger partial charge in [-0.3, -0.25) is 9.10 Å². The lowest BCUT2D eigenvalue weighted by atomic mass is 10.2. The van der Waals surface area contributed by atoms with Crippen LogP contribution in [0.25, 0.3) is 0 Å². The van der Waals surface area contributed by atoms with Crippen molar-refractivity contribution in [3.63, 3.8) is 0 Å². The normalized spacial score (nSPS) is 14.5. The van der Waals surface area contributed by atoms with E-state index in [1.807, 2.05) is 19.9 Å². The van der Waals surface area contributed by atoms with Gasteiger partial charge in [0.15, 0.2) is 0 Å². The number of nitrogens with one attached hydrogen (secondary N) is 1. The first-order valence-corrected chi connectivity index (χ1v) is 15.5. The van der Waals surface area contributed by atoms with Gasteiger partial charge in [0.05, 0.1) is 17.7 Å². The van der Waals surface area contributed by atoms with Crippen molar-refractivity contribution in [2.75, 3.05) is 36.4 Å². The second kappa shape index (κ2) is 11.8. The fourth-order valence-corrected chi connectivity index (χ4v) is 7.58. The molecule has 39 heavy (non-hydrogen) atoms. The zero-order valence-corrected chi connectivity index (χ0v) is 23.9. The number of carbonyl (C=O) groups is 1. The summed E-state index contributed by atoms with van der Waals surface area (Å²) in [4.78, 5) is 13.2. The van der Waals surface area contributed by atoms with Crippen LogP contribution < -0.4 is 14.4 Å². The molecule has 9 nitrogen and oxygen atoms in total. The zero-order valence-electron chi connectivity index (χ0n) is 22.3. The third kappa shape index (κ3) is 6.43. The molecule has 0 atom stereocenters. The predicted molar refractivity (Wildman–Crippen MR) is 151 cm³/mol. The Hall–Kier alpha value is -3.41. The molecule has 0 bridgehead atoms. The lowest BCUT2D eigenvalue weighted by Gasteiger charge is -2.27. The first kappa shape index (κ1) is 28.6. The van der Waals surface area contributed by atoms with Crippen LogP contribution in [0.3, 0.4) is 0 Å². The smallest absolute Gasteiger partial charge is 0.264 e. The predicted octanol–water partition coefficient (Wildman–Crippen LogP) is 4.32. The van der Waals surface area contributed by atoms with Crippen molar-refractivity contribution >= 4 is 37.3 Å². The Morgan fingerprint density at radius 1 is 0.897 bits per heavy atom. The van der Waals surface area contributed by atoms with Crippen LogP contribution in [-0.2, 0) is 24.8 Å². The number of piperidine rings is 1. The topological polar surface area (TPSA) is 113 Å². The Bertz CT molecular complexity index is 1550. The molecular formula is C28H33N3O6S2. The highest BCUT2D eigenvalue weighted by Gasteiger charge is 2.30. The first-order valence-electron chi connectivity index (χ1n) is 12.7. The maximum Gasteiger partial charge on any atom is 0.264 e. The van der Waals surface area contributed by atoms with Crippen LogP contribution in [0.2, 0.25) is 0 Å². The van der Waals surface area contributed by atoms with E-state index in [1.54, 1.807) is 30.3 Å². The summed E-state index contributed by atoms with van der Waals surface area (Å²) in [7, 11) is -6.54. The average Bonchev–Trinajstić information content (AvgIpc) is 2.92. The van der Waals surface area contributed by atoms with E-state index in [0.29, 0.717) is 18.8 Å². The summed E-state index contributed by atoms with van der Waals surface area (Å²) >= 11 is 0. The number of aryl methyl sites for hydroxylation is 2. The highest BCUT2D eigenvalue weighted by Crippen LogP contribution is 2.31. The van der Waals surface area contributed by atoms with Gasteiger partial charge in [0, 0.05) is 18.8 Å². The van der Waals surface area contributed by atoms with Gasteiger partial charge >= 0.3 is 0 Å². The molecule has 0 saturated carbocycles. The fourth-order valence-electron chi connectivity index (χ4n) is 4.47. The Kier molecular flexibility index (Phi) is 8.63. The molecule has 1 amide bonds. The van der Waals surface area contributed by atoms with E-state index in [2.05, 4.69) is 5.32 Å². The van der Waals surface area contributed by atoms with Gasteiger partial charge in [0.1, 0.15) is 17.2 Å². The second-order valence-electron chi connectivity index (χ2n) is 9.54. The largest absolute Gasteiger partial charge is 0.495 e. The number of rotatable bonds is 9. The van der Waals surface area contributed by atoms with Gasteiger partial charge < -0.3 is 10.1 Å². The Balaban J connectivity index is 1.64. The lowest BCUT2D eigenvalue weighted by molar-refractivity contribution is -0.114. The summed E-state index contributed by atoms with van der Waals surface area (Å²) in [5, 5.41) is 2.67. The van der Waals surface area contributed by atoms with E-state index in [0.717, 1.165) is 34.7 Å². The maximum absolute atomic E-state index is 13.6. The van der Waals surface area contributed by atoms with Crippen LogP contribution >= 0.6 is 0 Å². The zero-order chi connectivity index (χ0) is 28.2. The minimum absolute atomic E-state index is 0.0486. The van der Waals surface area contributed by atoms with Crippen molar-refractivity contribution in [2.45, 2.75) is 42.9 Å². The van der Waals surface area contributed by atoms with Gasteiger partial charge in [-0.25, -0.2) is 16.8 Å².